The van der Waals surface area contributed by atoms with Gasteiger partial charge in [0.25, 0.3) is 0 Å². The molecule has 0 amide bonds. The first-order valence-electron chi connectivity index (χ1n) is 4.89. The Bertz CT molecular complexity index is 415. The molecule has 0 fully saturated rings. The maximum absolute atomic E-state index is 4.13. The molecule has 0 radical (unpaired) electrons. The summed E-state index contributed by atoms with van der Waals surface area (Å²) in [5.74, 6) is 0. The van der Waals surface area contributed by atoms with E-state index in [4.69, 9.17) is 0 Å². The van der Waals surface area contributed by atoms with Crippen molar-refractivity contribution in [3.63, 3.8) is 0 Å². The molecule has 2 aromatic rings. The third kappa shape index (κ3) is 1.43. The fraction of sp³-hybridized carbons (Fsp3) is 0.250. The van der Waals surface area contributed by atoms with E-state index < -0.39 is 0 Å². The zero-order valence-corrected chi connectivity index (χ0v) is 8.57. The average Bonchev–Trinajstić information content (AvgIpc) is 2.61. The maximum Gasteiger partial charge on any atom is 0.0497 e. The average molecular weight is 186 g/mol. The van der Waals surface area contributed by atoms with E-state index in [0.29, 0.717) is 0 Å². The molecule has 0 bridgehead atoms. The van der Waals surface area contributed by atoms with Gasteiger partial charge in [-0.1, -0.05) is 0 Å². The zero-order chi connectivity index (χ0) is 9.97. The Balaban J connectivity index is 2.52. The highest BCUT2D eigenvalue weighted by Crippen LogP contribution is 2.20. The smallest absolute Gasteiger partial charge is 0.0497 e. The van der Waals surface area contributed by atoms with Crippen LogP contribution in [0.3, 0.4) is 0 Å². The summed E-state index contributed by atoms with van der Waals surface area (Å²) in [7, 11) is 0. The number of pyridine rings is 1. The number of nitrogens with zero attached hydrogens (tertiary/aromatic N) is 2. The lowest BCUT2D eigenvalue weighted by molar-refractivity contribution is 0.750. The fourth-order valence-electron chi connectivity index (χ4n) is 1.76. The van der Waals surface area contributed by atoms with E-state index in [2.05, 4.69) is 41.6 Å². The van der Waals surface area contributed by atoms with Crippen molar-refractivity contribution in [2.75, 3.05) is 0 Å². The highest BCUT2D eigenvalue weighted by Gasteiger charge is 2.04. The van der Waals surface area contributed by atoms with Gasteiger partial charge in [0.2, 0.25) is 0 Å². The SMILES string of the molecule is CCn1c(C)ccc1-c1cccnc1. The number of aromatic nitrogens is 2. The van der Waals surface area contributed by atoms with E-state index in [1.165, 1.54) is 17.0 Å². The Morgan fingerprint density at radius 3 is 2.79 bits per heavy atom. The van der Waals surface area contributed by atoms with Gasteiger partial charge in [0.1, 0.15) is 0 Å². The quantitative estimate of drug-likeness (QED) is 0.705. The molecule has 14 heavy (non-hydrogen) atoms. The number of rotatable bonds is 2. The third-order valence-electron chi connectivity index (χ3n) is 2.47. The van der Waals surface area contributed by atoms with Gasteiger partial charge in [0.15, 0.2) is 0 Å². The van der Waals surface area contributed by atoms with Gasteiger partial charge in [0, 0.05) is 35.9 Å². The van der Waals surface area contributed by atoms with Crippen LogP contribution in [0, 0.1) is 6.92 Å². The first kappa shape index (κ1) is 9.00. The highest BCUT2D eigenvalue weighted by molar-refractivity contribution is 5.59. The monoisotopic (exact) mass is 186 g/mol. The van der Waals surface area contributed by atoms with Crippen molar-refractivity contribution in [2.24, 2.45) is 0 Å². The molecule has 0 saturated heterocycles. The van der Waals surface area contributed by atoms with Crippen LogP contribution in [0.25, 0.3) is 11.3 Å². The minimum Gasteiger partial charge on any atom is -0.345 e. The van der Waals surface area contributed by atoms with Crippen molar-refractivity contribution in [1.82, 2.24) is 9.55 Å². The molecule has 0 saturated carbocycles. The summed E-state index contributed by atoms with van der Waals surface area (Å²) in [4.78, 5) is 4.13. The van der Waals surface area contributed by atoms with Gasteiger partial charge in [-0.25, -0.2) is 0 Å². The fourth-order valence-corrected chi connectivity index (χ4v) is 1.76. The first-order chi connectivity index (χ1) is 6.83. The highest BCUT2D eigenvalue weighted by atomic mass is 15.0. The molecule has 0 spiro atoms. The van der Waals surface area contributed by atoms with Gasteiger partial charge < -0.3 is 4.57 Å². The summed E-state index contributed by atoms with van der Waals surface area (Å²) in [6.07, 6.45) is 3.70. The topological polar surface area (TPSA) is 17.8 Å². The molecule has 0 aliphatic carbocycles. The van der Waals surface area contributed by atoms with Gasteiger partial charge in [-0.15, -0.1) is 0 Å². The van der Waals surface area contributed by atoms with E-state index in [1.54, 1.807) is 6.20 Å². The van der Waals surface area contributed by atoms with Crippen LogP contribution in [0.5, 0.6) is 0 Å². The molecule has 0 aliphatic rings. The lowest BCUT2D eigenvalue weighted by atomic mass is 10.2. The van der Waals surface area contributed by atoms with E-state index in [-0.39, 0.29) is 0 Å². The van der Waals surface area contributed by atoms with E-state index >= 15 is 0 Å². The van der Waals surface area contributed by atoms with Gasteiger partial charge >= 0.3 is 0 Å². The molecule has 2 aromatic heterocycles. The molecule has 0 aromatic carbocycles. The molecule has 0 aliphatic heterocycles. The summed E-state index contributed by atoms with van der Waals surface area (Å²) in [5.41, 5.74) is 3.73. The van der Waals surface area contributed by atoms with Crippen LogP contribution in [0.4, 0.5) is 0 Å². The first-order valence-corrected chi connectivity index (χ1v) is 4.89. The molecular formula is C12H14N2. The van der Waals surface area contributed by atoms with Crippen molar-refractivity contribution in [3.05, 3.63) is 42.4 Å². The van der Waals surface area contributed by atoms with Crippen molar-refractivity contribution in [1.29, 1.82) is 0 Å². The van der Waals surface area contributed by atoms with Crippen LogP contribution < -0.4 is 0 Å². The predicted molar refractivity (Wildman–Crippen MR) is 58.1 cm³/mol. The number of aryl methyl sites for hydroxylation is 1. The van der Waals surface area contributed by atoms with Crippen LogP contribution >= 0.6 is 0 Å². The standard InChI is InChI=1S/C12H14N2/c1-3-14-10(2)6-7-12(14)11-5-4-8-13-9-11/h4-9H,3H2,1-2H3. The van der Waals surface area contributed by atoms with Gasteiger partial charge in [-0.3, -0.25) is 4.98 Å². The molecule has 2 heteroatoms. The van der Waals surface area contributed by atoms with Crippen molar-refractivity contribution >= 4 is 0 Å². The van der Waals surface area contributed by atoms with Crippen LogP contribution in [0.15, 0.2) is 36.7 Å². The largest absolute Gasteiger partial charge is 0.345 e. The Labute approximate surface area is 84.2 Å². The Morgan fingerprint density at radius 1 is 1.29 bits per heavy atom. The summed E-state index contributed by atoms with van der Waals surface area (Å²) in [5, 5.41) is 0. The normalized spacial score (nSPS) is 10.4. The molecule has 72 valence electrons. The van der Waals surface area contributed by atoms with Crippen molar-refractivity contribution in [3.8, 4) is 11.3 Å². The van der Waals surface area contributed by atoms with Gasteiger partial charge in [-0.05, 0) is 38.1 Å². The zero-order valence-electron chi connectivity index (χ0n) is 8.57. The number of hydrogen-bond acceptors (Lipinski definition) is 1. The molecule has 0 unspecified atom stereocenters. The molecule has 2 heterocycles. The van der Waals surface area contributed by atoms with Crippen LogP contribution in [0.2, 0.25) is 0 Å². The van der Waals surface area contributed by atoms with E-state index in [9.17, 15) is 0 Å². The maximum atomic E-state index is 4.13. The van der Waals surface area contributed by atoms with E-state index in [0.717, 1.165) is 6.54 Å². The van der Waals surface area contributed by atoms with Crippen LogP contribution in [-0.2, 0) is 6.54 Å². The van der Waals surface area contributed by atoms with Gasteiger partial charge in [-0.2, -0.15) is 0 Å². The summed E-state index contributed by atoms with van der Waals surface area (Å²) in [6.45, 7) is 5.29. The Hall–Kier alpha value is -1.57. The minimum absolute atomic E-state index is 1.00. The van der Waals surface area contributed by atoms with E-state index in [1.807, 2.05) is 12.3 Å². The second kappa shape index (κ2) is 3.66. The molecular weight excluding hydrogens is 172 g/mol. The summed E-state index contributed by atoms with van der Waals surface area (Å²) >= 11 is 0. The van der Waals surface area contributed by atoms with Gasteiger partial charge in [0.05, 0.1) is 0 Å². The lowest BCUT2D eigenvalue weighted by Crippen LogP contribution is -1.98. The second-order valence-electron chi connectivity index (χ2n) is 3.35. The predicted octanol–water partition coefficient (Wildman–Crippen LogP) is 2.88. The molecule has 0 atom stereocenters. The Morgan fingerprint density at radius 2 is 2.14 bits per heavy atom. The van der Waals surface area contributed by atoms with Crippen molar-refractivity contribution < 1.29 is 0 Å². The summed E-state index contributed by atoms with van der Waals surface area (Å²) < 4.78 is 2.29. The van der Waals surface area contributed by atoms with Crippen LogP contribution in [-0.4, -0.2) is 9.55 Å². The number of hydrogen-bond donors (Lipinski definition) is 0. The lowest BCUT2D eigenvalue weighted by Gasteiger charge is -2.08. The summed E-state index contributed by atoms with van der Waals surface area (Å²) in [6, 6.07) is 8.35. The molecule has 2 nitrogen and oxygen atoms in total. The Kier molecular flexibility index (Phi) is 2.35. The molecule has 0 N–H and O–H groups in total. The third-order valence-corrected chi connectivity index (χ3v) is 2.47. The molecule has 2 rings (SSSR count). The van der Waals surface area contributed by atoms with Crippen LogP contribution in [0.1, 0.15) is 12.6 Å². The minimum atomic E-state index is 1.00. The second-order valence-corrected chi connectivity index (χ2v) is 3.35. The van der Waals surface area contributed by atoms with Crippen molar-refractivity contribution in [2.45, 2.75) is 20.4 Å².